The number of hydrogen-bond donors (Lipinski definition) is 1. The third kappa shape index (κ3) is 6.87. The molecule has 0 unspecified atom stereocenters. The van der Waals surface area contributed by atoms with Crippen LogP contribution in [0.4, 0.5) is 0 Å². The predicted molar refractivity (Wildman–Crippen MR) is 97.3 cm³/mol. The lowest BCUT2D eigenvalue weighted by molar-refractivity contribution is 0.115. The summed E-state index contributed by atoms with van der Waals surface area (Å²) in [5, 5.41) is 4.53. The molecule has 0 aliphatic heterocycles. The van der Waals surface area contributed by atoms with Crippen molar-refractivity contribution in [1.29, 1.82) is 0 Å². The van der Waals surface area contributed by atoms with E-state index in [1.54, 1.807) is 11.3 Å². The minimum absolute atomic E-state index is 0.768. The second kappa shape index (κ2) is 9.88. The standard InChI is InChI=1S/C17H30N4OS/c1-4-15-12-20-16(23-15)8-9-19-17(18-5-2)21(3)10-11-22-13-14-6-7-14/h12,14H,4-11,13H2,1-3H3,(H,18,19). The molecule has 1 saturated carbocycles. The Morgan fingerprint density at radius 3 is 2.96 bits per heavy atom. The summed E-state index contributed by atoms with van der Waals surface area (Å²) >= 11 is 1.80. The van der Waals surface area contributed by atoms with E-state index in [4.69, 9.17) is 9.73 Å². The van der Waals surface area contributed by atoms with Crippen molar-refractivity contribution in [2.75, 3.05) is 39.9 Å². The van der Waals surface area contributed by atoms with Crippen molar-refractivity contribution in [3.8, 4) is 0 Å². The number of ether oxygens (including phenoxy) is 1. The highest BCUT2D eigenvalue weighted by Crippen LogP contribution is 2.28. The van der Waals surface area contributed by atoms with Crippen LogP contribution >= 0.6 is 11.3 Å². The number of guanidine groups is 1. The average Bonchev–Trinajstić information content (AvgIpc) is 3.27. The van der Waals surface area contributed by atoms with Crippen molar-refractivity contribution in [3.05, 3.63) is 16.1 Å². The summed E-state index contributed by atoms with van der Waals surface area (Å²) in [5.41, 5.74) is 0. The number of likely N-dealkylation sites (N-methyl/N-ethyl adjacent to an activating group) is 1. The molecule has 0 saturated heterocycles. The normalized spacial score (nSPS) is 15.0. The van der Waals surface area contributed by atoms with Gasteiger partial charge < -0.3 is 15.0 Å². The second-order valence-corrected chi connectivity index (χ2v) is 7.20. The van der Waals surface area contributed by atoms with E-state index in [-0.39, 0.29) is 0 Å². The van der Waals surface area contributed by atoms with Crippen LogP contribution in [-0.4, -0.2) is 55.7 Å². The first-order valence-corrected chi connectivity index (χ1v) is 9.55. The Balaban J connectivity index is 1.72. The van der Waals surface area contributed by atoms with Gasteiger partial charge in [-0.05, 0) is 32.1 Å². The number of aromatic nitrogens is 1. The van der Waals surface area contributed by atoms with Gasteiger partial charge in [0.15, 0.2) is 5.96 Å². The maximum absolute atomic E-state index is 5.71. The Kier molecular flexibility index (Phi) is 7.82. The first-order valence-electron chi connectivity index (χ1n) is 8.73. The molecule has 0 atom stereocenters. The van der Waals surface area contributed by atoms with Gasteiger partial charge in [0, 0.05) is 50.8 Å². The Hall–Kier alpha value is -1.14. The fourth-order valence-electron chi connectivity index (χ4n) is 2.20. The number of nitrogens with one attached hydrogen (secondary N) is 1. The van der Waals surface area contributed by atoms with Gasteiger partial charge in [-0.25, -0.2) is 4.98 Å². The lowest BCUT2D eigenvalue weighted by Crippen LogP contribution is -2.40. The lowest BCUT2D eigenvalue weighted by Gasteiger charge is -2.22. The zero-order valence-corrected chi connectivity index (χ0v) is 15.5. The summed E-state index contributed by atoms with van der Waals surface area (Å²) in [6.07, 6.45) is 6.64. The number of thiazole rings is 1. The van der Waals surface area contributed by atoms with Crippen LogP contribution in [0.1, 0.15) is 36.6 Å². The topological polar surface area (TPSA) is 49.8 Å². The molecule has 0 spiro atoms. The zero-order valence-electron chi connectivity index (χ0n) is 14.7. The monoisotopic (exact) mass is 338 g/mol. The zero-order chi connectivity index (χ0) is 16.5. The quantitative estimate of drug-likeness (QED) is 0.405. The van der Waals surface area contributed by atoms with Crippen LogP contribution in [0.3, 0.4) is 0 Å². The Bertz CT molecular complexity index is 485. The SMILES string of the molecule is CCNC(=NCCc1ncc(CC)s1)N(C)CCOCC1CC1. The maximum atomic E-state index is 5.71. The van der Waals surface area contributed by atoms with Crippen molar-refractivity contribution in [2.45, 2.75) is 39.5 Å². The van der Waals surface area contributed by atoms with Crippen molar-refractivity contribution in [1.82, 2.24) is 15.2 Å². The van der Waals surface area contributed by atoms with E-state index in [0.717, 1.165) is 57.6 Å². The van der Waals surface area contributed by atoms with Gasteiger partial charge in [-0.2, -0.15) is 0 Å². The van der Waals surface area contributed by atoms with Gasteiger partial charge in [0.1, 0.15) is 0 Å². The highest BCUT2D eigenvalue weighted by Gasteiger charge is 2.21. The molecule has 130 valence electrons. The largest absolute Gasteiger partial charge is 0.379 e. The summed E-state index contributed by atoms with van der Waals surface area (Å²) in [6.45, 7) is 8.47. The number of aryl methyl sites for hydroxylation is 1. The minimum Gasteiger partial charge on any atom is -0.379 e. The molecule has 0 aromatic carbocycles. The third-order valence-corrected chi connectivity index (χ3v) is 5.06. The fourth-order valence-corrected chi connectivity index (χ4v) is 3.05. The van der Waals surface area contributed by atoms with Gasteiger partial charge in [0.05, 0.1) is 11.6 Å². The molecular formula is C17H30N4OS. The smallest absolute Gasteiger partial charge is 0.193 e. The molecule has 1 aliphatic carbocycles. The third-order valence-electron chi connectivity index (χ3n) is 3.86. The molecule has 1 aromatic rings. The van der Waals surface area contributed by atoms with Crippen molar-refractivity contribution in [2.24, 2.45) is 10.9 Å². The van der Waals surface area contributed by atoms with E-state index in [2.05, 4.69) is 36.1 Å². The molecule has 5 nitrogen and oxygen atoms in total. The van der Waals surface area contributed by atoms with Crippen molar-refractivity contribution < 1.29 is 4.74 Å². The van der Waals surface area contributed by atoms with Crippen molar-refractivity contribution in [3.63, 3.8) is 0 Å². The number of aliphatic imine (C=N–C) groups is 1. The van der Waals surface area contributed by atoms with Crippen molar-refractivity contribution >= 4 is 17.3 Å². The van der Waals surface area contributed by atoms with Gasteiger partial charge in [-0.1, -0.05) is 6.92 Å². The Morgan fingerprint density at radius 1 is 1.48 bits per heavy atom. The van der Waals surface area contributed by atoms with E-state index in [0.29, 0.717) is 0 Å². The van der Waals surface area contributed by atoms with Crippen LogP contribution < -0.4 is 5.32 Å². The van der Waals surface area contributed by atoms with Crippen LogP contribution in [0.15, 0.2) is 11.2 Å². The van der Waals surface area contributed by atoms with Gasteiger partial charge in [-0.15, -0.1) is 11.3 Å². The molecule has 1 aromatic heterocycles. The molecule has 6 heteroatoms. The Morgan fingerprint density at radius 2 is 2.30 bits per heavy atom. The maximum Gasteiger partial charge on any atom is 0.193 e. The second-order valence-electron chi connectivity index (χ2n) is 6.00. The molecular weight excluding hydrogens is 308 g/mol. The van der Waals surface area contributed by atoms with E-state index in [9.17, 15) is 0 Å². The highest BCUT2D eigenvalue weighted by atomic mass is 32.1. The molecule has 1 heterocycles. The summed E-state index contributed by atoms with van der Waals surface area (Å²) < 4.78 is 5.71. The first-order chi connectivity index (χ1) is 11.2. The van der Waals surface area contributed by atoms with Crippen LogP contribution in [0, 0.1) is 5.92 Å². The number of hydrogen-bond acceptors (Lipinski definition) is 4. The minimum atomic E-state index is 0.768. The molecule has 2 rings (SSSR count). The van der Waals surface area contributed by atoms with Gasteiger partial charge in [-0.3, -0.25) is 4.99 Å². The highest BCUT2D eigenvalue weighted by molar-refractivity contribution is 7.11. The van der Waals surface area contributed by atoms with Crippen LogP contribution in [0.5, 0.6) is 0 Å². The predicted octanol–water partition coefficient (Wildman–Crippen LogP) is 2.57. The molecule has 1 N–H and O–H groups in total. The molecule has 1 fully saturated rings. The van der Waals surface area contributed by atoms with E-state index >= 15 is 0 Å². The van der Waals surface area contributed by atoms with Gasteiger partial charge in [0.2, 0.25) is 0 Å². The van der Waals surface area contributed by atoms with E-state index in [1.165, 1.54) is 22.7 Å². The van der Waals surface area contributed by atoms with E-state index < -0.39 is 0 Å². The van der Waals surface area contributed by atoms with Gasteiger partial charge >= 0.3 is 0 Å². The van der Waals surface area contributed by atoms with Crippen LogP contribution in [-0.2, 0) is 17.6 Å². The lowest BCUT2D eigenvalue weighted by atomic mass is 10.4. The van der Waals surface area contributed by atoms with Crippen LogP contribution in [0.25, 0.3) is 0 Å². The molecule has 0 radical (unpaired) electrons. The molecule has 0 bridgehead atoms. The summed E-state index contributed by atoms with van der Waals surface area (Å²) in [7, 11) is 2.07. The number of rotatable bonds is 10. The van der Waals surface area contributed by atoms with Gasteiger partial charge in [0.25, 0.3) is 0 Å². The summed E-state index contributed by atoms with van der Waals surface area (Å²) in [4.78, 5) is 12.7. The summed E-state index contributed by atoms with van der Waals surface area (Å²) in [6, 6.07) is 0. The Labute approximate surface area is 144 Å². The fraction of sp³-hybridized carbons (Fsp3) is 0.765. The average molecular weight is 339 g/mol. The molecule has 1 aliphatic rings. The van der Waals surface area contributed by atoms with E-state index in [1.807, 2.05) is 6.20 Å². The number of nitrogens with zero attached hydrogens (tertiary/aromatic N) is 3. The molecule has 23 heavy (non-hydrogen) atoms. The first kappa shape index (κ1) is 18.2. The molecule has 0 amide bonds. The van der Waals surface area contributed by atoms with Crippen LogP contribution in [0.2, 0.25) is 0 Å². The summed E-state index contributed by atoms with van der Waals surface area (Å²) in [5.74, 6) is 1.78.